The zero-order valence-corrected chi connectivity index (χ0v) is 15.0. The summed E-state index contributed by atoms with van der Waals surface area (Å²) in [6.07, 6.45) is 1.09. The number of halogens is 1. The Kier molecular flexibility index (Phi) is 3.75. The summed E-state index contributed by atoms with van der Waals surface area (Å²) in [5, 5.41) is 7.39. The van der Waals surface area contributed by atoms with Crippen molar-refractivity contribution in [3.8, 4) is 0 Å². The number of hydrogen-bond acceptors (Lipinski definition) is 2. The van der Waals surface area contributed by atoms with Crippen molar-refractivity contribution < 1.29 is 4.79 Å². The van der Waals surface area contributed by atoms with Gasteiger partial charge in [-0.25, -0.2) is 0 Å². The number of nitrogens with zero attached hydrogens (tertiary/aromatic N) is 2. The Morgan fingerprint density at radius 3 is 2.74 bits per heavy atom. The van der Waals surface area contributed by atoms with E-state index < -0.39 is 0 Å². The first-order chi connectivity index (χ1) is 10.7. The van der Waals surface area contributed by atoms with Crippen LogP contribution in [0.15, 0.2) is 18.2 Å². The van der Waals surface area contributed by atoms with Gasteiger partial charge in [-0.05, 0) is 41.9 Å². The van der Waals surface area contributed by atoms with Crippen molar-refractivity contribution in [2.45, 2.75) is 45.4 Å². The third-order valence-electron chi connectivity index (χ3n) is 4.91. The molecule has 1 aromatic heterocycles. The minimum Gasteiger partial charge on any atom is -0.322 e. The number of hydrogen-bond donors (Lipinski definition) is 1. The topological polar surface area (TPSA) is 46.9 Å². The first-order valence-corrected chi connectivity index (χ1v) is 8.24. The predicted octanol–water partition coefficient (Wildman–Crippen LogP) is 4.42. The molecule has 23 heavy (non-hydrogen) atoms. The number of carbonyl (C=O) groups is 1. The van der Waals surface area contributed by atoms with Crippen LogP contribution in [0.4, 0.5) is 5.69 Å². The summed E-state index contributed by atoms with van der Waals surface area (Å²) >= 11 is 6.11. The van der Waals surface area contributed by atoms with Gasteiger partial charge in [-0.3, -0.25) is 9.48 Å². The summed E-state index contributed by atoms with van der Waals surface area (Å²) in [5.74, 6) is 0.216. The Labute approximate surface area is 141 Å². The Morgan fingerprint density at radius 2 is 2.13 bits per heavy atom. The van der Waals surface area contributed by atoms with Crippen LogP contribution in [-0.2, 0) is 12.5 Å². The molecular weight excluding hydrogens is 310 g/mol. The monoisotopic (exact) mass is 331 g/mol. The Morgan fingerprint density at radius 1 is 1.43 bits per heavy atom. The lowest BCUT2D eigenvalue weighted by molar-refractivity contribution is 0.102. The molecule has 1 heterocycles. The second-order valence-corrected chi connectivity index (χ2v) is 7.44. The largest absolute Gasteiger partial charge is 0.322 e. The van der Waals surface area contributed by atoms with Gasteiger partial charge in [0, 0.05) is 18.4 Å². The van der Waals surface area contributed by atoms with Crippen LogP contribution in [0, 0.1) is 6.92 Å². The van der Waals surface area contributed by atoms with E-state index in [4.69, 9.17) is 11.6 Å². The maximum absolute atomic E-state index is 12.7. The van der Waals surface area contributed by atoms with Gasteiger partial charge >= 0.3 is 0 Å². The zero-order valence-electron chi connectivity index (χ0n) is 14.2. The summed E-state index contributed by atoms with van der Waals surface area (Å²) in [5.41, 5.74) is 4.77. The van der Waals surface area contributed by atoms with Crippen LogP contribution in [-0.4, -0.2) is 15.7 Å². The third kappa shape index (κ3) is 2.55. The molecule has 0 fully saturated rings. The number of anilines is 1. The van der Waals surface area contributed by atoms with Crippen molar-refractivity contribution in [2.75, 3.05) is 5.32 Å². The van der Waals surface area contributed by atoms with E-state index >= 15 is 0 Å². The molecule has 0 radical (unpaired) electrons. The number of rotatable bonds is 2. The van der Waals surface area contributed by atoms with Crippen molar-refractivity contribution >= 4 is 23.2 Å². The molecule has 0 saturated heterocycles. The van der Waals surface area contributed by atoms with E-state index in [1.54, 1.807) is 11.7 Å². The Balaban J connectivity index is 1.99. The molecule has 5 heteroatoms. The van der Waals surface area contributed by atoms with E-state index in [2.05, 4.69) is 37.3 Å². The average molecular weight is 332 g/mol. The molecule has 0 spiro atoms. The molecule has 122 valence electrons. The van der Waals surface area contributed by atoms with Gasteiger partial charge in [-0.2, -0.15) is 5.10 Å². The SMILES string of the molecule is Cc1c(C(=O)Nc2cccc3c2C(C)CC3(C)C)c(Cl)nn1C. The second-order valence-electron chi connectivity index (χ2n) is 7.08. The zero-order chi connectivity index (χ0) is 16.9. The summed E-state index contributed by atoms with van der Waals surface area (Å²) in [4.78, 5) is 12.7. The van der Waals surface area contributed by atoms with Crippen LogP contribution >= 0.6 is 11.6 Å². The summed E-state index contributed by atoms with van der Waals surface area (Å²) < 4.78 is 1.62. The molecular formula is C18H22ClN3O. The van der Waals surface area contributed by atoms with Crippen molar-refractivity contribution in [3.63, 3.8) is 0 Å². The maximum Gasteiger partial charge on any atom is 0.260 e. The standard InChI is InChI=1S/C18H22ClN3O/c1-10-9-18(3,4)12-7-6-8-13(14(10)12)20-17(23)15-11(2)22(5)21-16(15)19/h6-8,10H,9H2,1-5H3,(H,20,23). The van der Waals surface area contributed by atoms with Crippen molar-refractivity contribution in [1.82, 2.24) is 9.78 Å². The molecule has 4 nitrogen and oxygen atoms in total. The summed E-state index contributed by atoms with van der Waals surface area (Å²) in [6, 6.07) is 6.14. The second kappa shape index (κ2) is 5.38. The highest BCUT2D eigenvalue weighted by atomic mass is 35.5. The first-order valence-electron chi connectivity index (χ1n) is 7.86. The van der Waals surface area contributed by atoms with E-state index in [0.717, 1.165) is 17.8 Å². The van der Waals surface area contributed by atoms with Crippen LogP contribution in [0.1, 0.15) is 60.3 Å². The molecule has 1 aromatic carbocycles. The van der Waals surface area contributed by atoms with Crippen LogP contribution in [0.25, 0.3) is 0 Å². The van der Waals surface area contributed by atoms with Gasteiger partial charge in [-0.1, -0.05) is 44.5 Å². The smallest absolute Gasteiger partial charge is 0.260 e. The molecule has 0 saturated carbocycles. The van der Waals surface area contributed by atoms with Gasteiger partial charge in [0.1, 0.15) is 0 Å². The molecule has 3 rings (SSSR count). The molecule has 1 amide bonds. The number of benzene rings is 1. The van der Waals surface area contributed by atoms with Crippen molar-refractivity contribution in [1.29, 1.82) is 0 Å². The lowest BCUT2D eigenvalue weighted by Gasteiger charge is -2.19. The van der Waals surface area contributed by atoms with Crippen LogP contribution in [0.3, 0.4) is 0 Å². The van der Waals surface area contributed by atoms with E-state index in [1.165, 1.54) is 11.1 Å². The fourth-order valence-electron chi connectivity index (χ4n) is 3.78. The molecule has 0 aliphatic heterocycles. The van der Waals surface area contributed by atoms with E-state index in [1.807, 2.05) is 19.1 Å². The summed E-state index contributed by atoms with van der Waals surface area (Å²) in [7, 11) is 1.78. The molecule has 1 aliphatic carbocycles. The minimum absolute atomic E-state index is 0.136. The number of amides is 1. The van der Waals surface area contributed by atoms with Gasteiger partial charge in [0.25, 0.3) is 5.91 Å². The highest BCUT2D eigenvalue weighted by Gasteiger charge is 2.36. The number of fused-ring (bicyclic) bond motifs is 1. The molecule has 1 aliphatic rings. The molecule has 1 atom stereocenters. The highest BCUT2D eigenvalue weighted by molar-refractivity contribution is 6.33. The molecule has 1 unspecified atom stereocenters. The van der Waals surface area contributed by atoms with Gasteiger partial charge < -0.3 is 5.32 Å². The molecule has 1 N–H and O–H groups in total. The van der Waals surface area contributed by atoms with Gasteiger partial charge in [-0.15, -0.1) is 0 Å². The van der Waals surface area contributed by atoms with Gasteiger partial charge in [0.05, 0.1) is 5.56 Å². The predicted molar refractivity (Wildman–Crippen MR) is 93.4 cm³/mol. The van der Waals surface area contributed by atoms with Gasteiger partial charge in [0.15, 0.2) is 5.15 Å². The molecule has 0 bridgehead atoms. The van der Waals surface area contributed by atoms with Crippen LogP contribution < -0.4 is 5.32 Å². The van der Waals surface area contributed by atoms with Crippen molar-refractivity contribution in [3.05, 3.63) is 45.7 Å². The van der Waals surface area contributed by atoms with E-state index in [9.17, 15) is 4.79 Å². The maximum atomic E-state index is 12.7. The lowest BCUT2D eigenvalue weighted by Crippen LogP contribution is -2.16. The lowest BCUT2D eigenvalue weighted by atomic mass is 9.86. The van der Waals surface area contributed by atoms with Crippen molar-refractivity contribution in [2.24, 2.45) is 7.05 Å². The van der Waals surface area contributed by atoms with Gasteiger partial charge in [0.2, 0.25) is 0 Å². The number of aryl methyl sites for hydroxylation is 1. The van der Waals surface area contributed by atoms with Crippen LogP contribution in [0.2, 0.25) is 5.15 Å². The molecule has 2 aromatic rings. The number of carbonyl (C=O) groups excluding carboxylic acids is 1. The number of aromatic nitrogens is 2. The van der Waals surface area contributed by atoms with Crippen LogP contribution in [0.5, 0.6) is 0 Å². The fourth-order valence-corrected chi connectivity index (χ4v) is 4.12. The Bertz CT molecular complexity index is 792. The highest BCUT2D eigenvalue weighted by Crippen LogP contribution is 2.48. The van der Waals surface area contributed by atoms with E-state index in [0.29, 0.717) is 11.5 Å². The average Bonchev–Trinajstić information content (AvgIpc) is 2.84. The summed E-state index contributed by atoms with van der Waals surface area (Å²) in [6.45, 7) is 8.56. The Hall–Kier alpha value is -1.81. The fraction of sp³-hybridized carbons (Fsp3) is 0.444. The number of nitrogens with one attached hydrogen (secondary N) is 1. The quantitative estimate of drug-likeness (QED) is 0.885. The minimum atomic E-state index is -0.203. The first kappa shape index (κ1) is 16.1. The van der Waals surface area contributed by atoms with E-state index in [-0.39, 0.29) is 16.5 Å². The third-order valence-corrected chi connectivity index (χ3v) is 5.18. The normalized spacial score (nSPS) is 18.8.